The summed E-state index contributed by atoms with van der Waals surface area (Å²) in [4.78, 5) is 68.9. The molecule has 5 atom stereocenters. The van der Waals surface area contributed by atoms with Gasteiger partial charge in [-0.05, 0) is 41.4 Å². The van der Waals surface area contributed by atoms with Gasteiger partial charge in [0.05, 0.1) is 12.3 Å². The number of nitrogens with one attached hydrogen (secondary N) is 4. The number of carbonyl (C=O) groups excluding carboxylic acids is 5. The van der Waals surface area contributed by atoms with Gasteiger partial charge in [0.15, 0.2) is 0 Å². The molecule has 14 heteroatoms. The summed E-state index contributed by atoms with van der Waals surface area (Å²) in [6.45, 7) is 19.0. The molecule has 1 saturated carbocycles. The Labute approximate surface area is 281 Å². The molecule has 4 N–H and O–H groups in total. The predicted molar refractivity (Wildman–Crippen MR) is 182 cm³/mol. The Morgan fingerprint density at radius 1 is 0.957 bits per heavy atom. The molecule has 0 aromatic carbocycles. The van der Waals surface area contributed by atoms with E-state index in [1.165, 1.54) is 22.3 Å². The lowest BCUT2D eigenvalue weighted by atomic mass is 9.84. The summed E-state index contributed by atoms with van der Waals surface area (Å²) in [6.07, 6.45) is 5.28. The molecule has 5 amide bonds. The van der Waals surface area contributed by atoms with Crippen molar-refractivity contribution < 1.29 is 32.4 Å². The number of ketones is 1. The molecule has 0 bridgehead atoms. The van der Waals surface area contributed by atoms with Crippen LogP contribution in [0.25, 0.3) is 0 Å². The Morgan fingerprint density at radius 2 is 1.55 bits per heavy atom. The summed E-state index contributed by atoms with van der Waals surface area (Å²) >= 11 is 0. The number of hydrogen-bond acceptors (Lipinski definition) is 7. The van der Waals surface area contributed by atoms with Crippen LogP contribution in [0, 0.1) is 28.6 Å². The van der Waals surface area contributed by atoms with E-state index >= 15 is 0 Å². The number of urea groups is 1. The Kier molecular flexibility index (Phi) is 13.6. The largest absolute Gasteiger partial charge is 0.346 e. The van der Waals surface area contributed by atoms with Crippen molar-refractivity contribution in [1.82, 2.24) is 30.5 Å². The highest BCUT2D eigenvalue weighted by Crippen LogP contribution is 2.35. The molecule has 1 saturated heterocycles. The van der Waals surface area contributed by atoms with Gasteiger partial charge in [0, 0.05) is 32.7 Å². The van der Waals surface area contributed by atoms with Gasteiger partial charge in [-0.25, -0.2) is 17.5 Å². The number of nitrogens with zero attached hydrogens (tertiary/aromatic N) is 2. The number of hydrogen-bond donors (Lipinski definition) is 4. The summed E-state index contributed by atoms with van der Waals surface area (Å²) in [6, 6.07) is -4.19. The molecule has 1 unspecified atom stereocenters. The molecule has 2 aliphatic rings. The average molecular weight is 683 g/mol. The maximum absolute atomic E-state index is 14.3. The average Bonchev–Trinajstić information content (AvgIpc) is 3.64. The predicted octanol–water partition coefficient (Wildman–Crippen LogP) is 2.04. The van der Waals surface area contributed by atoms with E-state index in [0.717, 1.165) is 19.1 Å². The highest BCUT2D eigenvalue weighted by Gasteiger charge is 2.48. The third-order valence-electron chi connectivity index (χ3n) is 9.13. The summed E-state index contributed by atoms with van der Waals surface area (Å²) in [7, 11) is -2.06. The van der Waals surface area contributed by atoms with Crippen molar-refractivity contribution in [2.75, 3.05) is 32.9 Å². The van der Waals surface area contributed by atoms with Crippen molar-refractivity contribution in [3.8, 4) is 0 Å². The van der Waals surface area contributed by atoms with E-state index in [2.05, 4.69) is 27.8 Å². The van der Waals surface area contributed by atoms with Crippen LogP contribution in [0.5, 0.6) is 0 Å². The lowest BCUT2D eigenvalue weighted by Crippen LogP contribution is -2.62. The van der Waals surface area contributed by atoms with Crippen LogP contribution in [0.4, 0.5) is 4.79 Å². The first-order valence-corrected chi connectivity index (χ1v) is 18.4. The molecular formula is C33H58N6O7S. The van der Waals surface area contributed by atoms with Crippen LogP contribution in [0.1, 0.15) is 81.1 Å². The lowest BCUT2D eigenvalue weighted by molar-refractivity contribution is -0.144. The van der Waals surface area contributed by atoms with Gasteiger partial charge in [-0.1, -0.05) is 74.3 Å². The first-order valence-electron chi connectivity index (χ1n) is 16.5. The summed E-state index contributed by atoms with van der Waals surface area (Å²) < 4.78 is 25.4. The van der Waals surface area contributed by atoms with E-state index in [0.29, 0.717) is 12.8 Å². The quantitative estimate of drug-likeness (QED) is 0.151. The number of likely N-dealkylation sites (tertiary alicyclic amines) is 1. The standard InChI is InChI=1S/C33H58N6O7S/c1-12-16-34-29(42)26(40)23(18-21-13-14-21)35-28(41)25-22(20(2)3)15-17-39(25)30(43)27(33(7,8)9)37-31(44)36-24(32(4,5)6)19-38(10)47(11,45)46/h12,20-25,27H,1,13-19H2,2-11H3,(H,34,42)(H,35,41)(H2,36,37,44)/t22-,23?,24-,25+,27-/m1/s1. The summed E-state index contributed by atoms with van der Waals surface area (Å²) in [5.74, 6) is -2.41. The second kappa shape index (κ2) is 15.9. The van der Waals surface area contributed by atoms with Crippen molar-refractivity contribution in [3.05, 3.63) is 12.7 Å². The molecule has 13 nitrogen and oxygen atoms in total. The SMILES string of the molecule is C=CCNC(=O)C(=O)C(CC1CC1)NC(=O)[C@@H]1[C@@H](C(C)C)CCN1C(=O)[C@@H](NC(=O)N[C@H](CN(C)S(C)(=O)=O)C(C)(C)C)C(C)(C)C. The van der Waals surface area contributed by atoms with Crippen LogP contribution in [0.3, 0.4) is 0 Å². The minimum atomic E-state index is -3.50. The van der Waals surface area contributed by atoms with Gasteiger partial charge in [-0.2, -0.15) is 0 Å². The monoisotopic (exact) mass is 682 g/mol. The maximum atomic E-state index is 14.3. The molecule has 0 radical (unpaired) electrons. The first kappa shape index (κ1) is 40.2. The zero-order chi connectivity index (χ0) is 36.1. The molecule has 0 spiro atoms. The van der Waals surface area contributed by atoms with Crippen LogP contribution in [0.15, 0.2) is 12.7 Å². The fourth-order valence-electron chi connectivity index (χ4n) is 5.76. The number of carbonyl (C=O) groups is 5. The Bertz CT molecular complexity index is 1280. The molecule has 2 rings (SSSR count). The van der Waals surface area contributed by atoms with Gasteiger partial charge < -0.3 is 26.2 Å². The molecule has 1 aliphatic heterocycles. The molecule has 2 fully saturated rings. The van der Waals surface area contributed by atoms with Gasteiger partial charge in [0.2, 0.25) is 27.6 Å². The molecule has 1 aliphatic carbocycles. The Balaban J connectivity index is 2.34. The zero-order valence-electron chi connectivity index (χ0n) is 29.9. The van der Waals surface area contributed by atoms with E-state index in [1.807, 2.05) is 55.4 Å². The van der Waals surface area contributed by atoms with Crippen molar-refractivity contribution in [2.45, 2.75) is 105 Å². The maximum Gasteiger partial charge on any atom is 0.315 e. The second-order valence-corrected chi connectivity index (χ2v) is 17.7. The second-order valence-electron chi connectivity index (χ2n) is 15.7. The normalized spacial score (nSPS) is 20.7. The van der Waals surface area contributed by atoms with E-state index < -0.39 is 74.6 Å². The Hall–Kier alpha value is -3.00. The van der Waals surface area contributed by atoms with Gasteiger partial charge in [-0.3, -0.25) is 19.2 Å². The van der Waals surface area contributed by atoms with Gasteiger partial charge in [0.25, 0.3) is 5.91 Å². The summed E-state index contributed by atoms with van der Waals surface area (Å²) in [5, 5.41) is 11.0. The highest BCUT2D eigenvalue weighted by molar-refractivity contribution is 7.88. The molecule has 47 heavy (non-hydrogen) atoms. The van der Waals surface area contributed by atoms with E-state index in [1.54, 1.807) is 0 Å². The third-order valence-corrected chi connectivity index (χ3v) is 10.4. The number of likely N-dealkylation sites (N-methyl/N-ethyl adjacent to an activating group) is 1. The lowest BCUT2D eigenvalue weighted by Gasteiger charge is -2.38. The molecule has 0 aromatic heterocycles. The topological polar surface area (TPSA) is 174 Å². The van der Waals surface area contributed by atoms with E-state index in [4.69, 9.17) is 0 Å². The van der Waals surface area contributed by atoms with Crippen LogP contribution < -0.4 is 21.3 Å². The smallest absolute Gasteiger partial charge is 0.315 e. The first-order chi connectivity index (χ1) is 21.5. The van der Waals surface area contributed by atoms with Crippen molar-refractivity contribution in [2.24, 2.45) is 28.6 Å². The molecule has 0 aromatic rings. The van der Waals surface area contributed by atoms with Gasteiger partial charge in [0.1, 0.15) is 12.1 Å². The van der Waals surface area contributed by atoms with E-state index in [-0.39, 0.29) is 37.4 Å². The van der Waals surface area contributed by atoms with Crippen LogP contribution in [-0.2, 0) is 29.2 Å². The Morgan fingerprint density at radius 3 is 2.02 bits per heavy atom. The van der Waals surface area contributed by atoms with Gasteiger partial charge >= 0.3 is 6.03 Å². The van der Waals surface area contributed by atoms with Crippen molar-refractivity contribution >= 4 is 39.6 Å². The van der Waals surface area contributed by atoms with Crippen LogP contribution in [-0.4, -0.2) is 104 Å². The summed E-state index contributed by atoms with van der Waals surface area (Å²) in [5.41, 5.74) is -1.28. The molecule has 1 heterocycles. The van der Waals surface area contributed by atoms with Crippen molar-refractivity contribution in [3.63, 3.8) is 0 Å². The van der Waals surface area contributed by atoms with Crippen LogP contribution >= 0.6 is 0 Å². The van der Waals surface area contributed by atoms with Crippen LogP contribution in [0.2, 0.25) is 0 Å². The van der Waals surface area contributed by atoms with E-state index in [9.17, 15) is 32.4 Å². The van der Waals surface area contributed by atoms with Gasteiger partial charge in [-0.15, -0.1) is 6.58 Å². The number of Topliss-reactive ketones (excluding diaryl/α,β-unsaturated/α-hetero) is 1. The minimum absolute atomic E-state index is 0.0285. The molecule has 268 valence electrons. The fraction of sp³-hybridized carbons (Fsp3) is 0.788. The van der Waals surface area contributed by atoms with Crippen molar-refractivity contribution in [1.29, 1.82) is 0 Å². The number of rotatable bonds is 15. The molecular weight excluding hydrogens is 624 g/mol. The minimum Gasteiger partial charge on any atom is -0.346 e. The number of sulfonamides is 1. The highest BCUT2D eigenvalue weighted by atomic mass is 32.2. The third kappa shape index (κ3) is 11.6. The fourth-order valence-corrected chi connectivity index (χ4v) is 6.18. The number of amides is 5. The zero-order valence-corrected chi connectivity index (χ0v) is 30.8.